The largest absolute Gasteiger partial charge is 0.389 e. The van der Waals surface area contributed by atoms with Crippen LogP contribution in [0.5, 0.6) is 0 Å². The zero-order valence-corrected chi connectivity index (χ0v) is 8.45. The molecule has 0 atom stereocenters. The van der Waals surface area contributed by atoms with E-state index < -0.39 is 0 Å². The highest BCUT2D eigenvalue weighted by atomic mass is 79.9. The molecule has 0 saturated heterocycles. The predicted octanol–water partition coefficient (Wildman–Crippen LogP) is 2.94. The van der Waals surface area contributed by atoms with E-state index in [4.69, 9.17) is 0 Å². The molecular formula is C9H14BrN. The molecule has 0 heterocycles. The van der Waals surface area contributed by atoms with Gasteiger partial charge in [-0.1, -0.05) is 22.0 Å². The van der Waals surface area contributed by atoms with Crippen LogP contribution in [0.4, 0.5) is 0 Å². The van der Waals surface area contributed by atoms with Gasteiger partial charge in [0.15, 0.2) is 0 Å². The molecule has 1 rings (SSSR count). The second-order valence-electron chi connectivity index (χ2n) is 2.68. The summed E-state index contributed by atoms with van der Waals surface area (Å²) in [6, 6.07) is 0. The summed E-state index contributed by atoms with van der Waals surface area (Å²) in [5.74, 6) is 0. The van der Waals surface area contributed by atoms with E-state index in [1.807, 2.05) is 0 Å². The first kappa shape index (κ1) is 8.85. The number of halogens is 1. The van der Waals surface area contributed by atoms with Crippen molar-refractivity contribution in [2.45, 2.75) is 26.2 Å². The molecule has 62 valence electrons. The van der Waals surface area contributed by atoms with Gasteiger partial charge in [0.25, 0.3) is 0 Å². The van der Waals surface area contributed by atoms with E-state index in [1.54, 1.807) is 0 Å². The molecule has 0 aromatic heterocycles. The third kappa shape index (κ3) is 3.10. The summed E-state index contributed by atoms with van der Waals surface area (Å²) in [5.41, 5.74) is 1.35. The Morgan fingerprint density at radius 3 is 3.18 bits per heavy atom. The smallest absolute Gasteiger partial charge is 0.0152 e. The van der Waals surface area contributed by atoms with E-state index >= 15 is 0 Å². The fraction of sp³-hybridized carbons (Fsp3) is 0.556. The van der Waals surface area contributed by atoms with E-state index in [0.717, 1.165) is 6.54 Å². The molecule has 0 aromatic carbocycles. The first-order valence-corrected chi connectivity index (χ1v) is 4.92. The number of nitrogens with one attached hydrogen (secondary N) is 1. The molecule has 1 aliphatic carbocycles. The fourth-order valence-corrected chi connectivity index (χ4v) is 1.70. The minimum absolute atomic E-state index is 1.02. The van der Waals surface area contributed by atoms with Gasteiger partial charge in [0.2, 0.25) is 0 Å². The quantitative estimate of drug-likeness (QED) is 0.748. The van der Waals surface area contributed by atoms with Gasteiger partial charge in [0, 0.05) is 16.7 Å². The Labute approximate surface area is 76.7 Å². The number of hydrogen-bond acceptors (Lipinski definition) is 1. The van der Waals surface area contributed by atoms with E-state index in [0.29, 0.717) is 0 Å². The van der Waals surface area contributed by atoms with Gasteiger partial charge in [-0.25, -0.2) is 0 Å². The molecule has 0 fully saturated rings. The lowest BCUT2D eigenvalue weighted by atomic mass is 10.2. The molecule has 0 amide bonds. The standard InChI is InChI=1S/C9H14BrN/c1-2-11-9-6-4-3-5-8(10)7-9/h5,7,11H,2-4,6H2,1H3. The van der Waals surface area contributed by atoms with Gasteiger partial charge in [-0.2, -0.15) is 0 Å². The highest BCUT2D eigenvalue weighted by Gasteiger charge is 2.00. The lowest BCUT2D eigenvalue weighted by molar-refractivity contribution is 0.742. The summed E-state index contributed by atoms with van der Waals surface area (Å²) < 4.78 is 1.21. The molecule has 1 N–H and O–H groups in total. The SMILES string of the molecule is CCNC1=CC(Br)=CCCC1. The van der Waals surface area contributed by atoms with E-state index in [-0.39, 0.29) is 0 Å². The van der Waals surface area contributed by atoms with Gasteiger partial charge in [-0.05, 0) is 32.3 Å². The monoisotopic (exact) mass is 215 g/mol. The molecule has 0 unspecified atom stereocenters. The van der Waals surface area contributed by atoms with Crippen molar-refractivity contribution < 1.29 is 0 Å². The Kier molecular flexibility index (Phi) is 3.70. The van der Waals surface area contributed by atoms with Crippen molar-refractivity contribution in [1.82, 2.24) is 5.32 Å². The fourth-order valence-electron chi connectivity index (χ4n) is 1.20. The van der Waals surface area contributed by atoms with Crippen LogP contribution in [0.15, 0.2) is 22.3 Å². The minimum Gasteiger partial charge on any atom is -0.389 e. The summed E-state index contributed by atoms with van der Waals surface area (Å²) >= 11 is 3.49. The summed E-state index contributed by atoms with van der Waals surface area (Å²) in [4.78, 5) is 0. The van der Waals surface area contributed by atoms with Crippen molar-refractivity contribution in [3.8, 4) is 0 Å². The van der Waals surface area contributed by atoms with Gasteiger partial charge in [0.1, 0.15) is 0 Å². The van der Waals surface area contributed by atoms with E-state index in [1.165, 1.54) is 29.4 Å². The first-order chi connectivity index (χ1) is 5.33. The minimum atomic E-state index is 1.02. The zero-order valence-electron chi connectivity index (χ0n) is 6.86. The summed E-state index contributed by atoms with van der Waals surface area (Å²) in [6.07, 6.45) is 8.03. The molecule has 0 radical (unpaired) electrons. The molecule has 1 aliphatic rings. The predicted molar refractivity (Wildman–Crippen MR) is 52.6 cm³/mol. The highest BCUT2D eigenvalue weighted by molar-refractivity contribution is 9.11. The summed E-state index contributed by atoms with van der Waals surface area (Å²) in [7, 11) is 0. The molecule has 0 aromatic rings. The van der Waals surface area contributed by atoms with Crippen LogP contribution in [0.25, 0.3) is 0 Å². The Morgan fingerprint density at radius 2 is 2.45 bits per heavy atom. The van der Waals surface area contributed by atoms with Crippen LogP contribution >= 0.6 is 15.9 Å². The molecule has 1 nitrogen and oxygen atoms in total. The molecule has 0 saturated carbocycles. The molecule has 2 heteroatoms. The van der Waals surface area contributed by atoms with Crippen molar-refractivity contribution in [2.75, 3.05) is 6.54 Å². The lowest BCUT2D eigenvalue weighted by Gasteiger charge is -2.05. The van der Waals surface area contributed by atoms with Crippen molar-refractivity contribution in [3.05, 3.63) is 22.3 Å². The van der Waals surface area contributed by atoms with Gasteiger partial charge in [-0.15, -0.1) is 0 Å². The molecular weight excluding hydrogens is 202 g/mol. The maximum atomic E-state index is 3.49. The summed E-state index contributed by atoms with van der Waals surface area (Å²) in [6.45, 7) is 3.15. The normalized spacial score (nSPS) is 18.4. The van der Waals surface area contributed by atoms with Crippen LogP contribution < -0.4 is 5.32 Å². The zero-order chi connectivity index (χ0) is 8.10. The third-order valence-corrected chi connectivity index (χ3v) is 2.26. The molecule has 11 heavy (non-hydrogen) atoms. The van der Waals surface area contributed by atoms with E-state index in [9.17, 15) is 0 Å². The van der Waals surface area contributed by atoms with Crippen molar-refractivity contribution >= 4 is 15.9 Å². The molecule has 0 aliphatic heterocycles. The van der Waals surface area contributed by atoms with Crippen LogP contribution in [0, 0.1) is 0 Å². The Balaban J connectivity index is 2.56. The van der Waals surface area contributed by atoms with Crippen LogP contribution in [0.1, 0.15) is 26.2 Å². The first-order valence-electron chi connectivity index (χ1n) is 4.13. The van der Waals surface area contributed by atoms with Gasteiger partial charge in [-0.3, -0.25) is 0 Å². The van der Waals surface area contributed by atoms with Crippen molar-refractivity contribution in [1.29, 1.82) is 0 Å². The van der Waals surface area contributed by atoms with Gasteiger partial charge >= 0.3 is 0 Å². The van der Waals surface area contributed by atoms with Crippen LogP contribution in [-0.2, 0) is 0 Å². The topological polar surface area (TPSA) is 12.0 Å². The molecule has 0 spiro atoms. The average Bonchev–Trinajstić information content (AvgIpc) is 2.15. The van der Waals surface area contributed by atoms with Crippen LogP contribution in [0.2, 0.25) is 0 Å². The maximum Gasteiger partial charge on any atom is 0.0152 e. The lowest BCUT2D eigenvalue weighted by Crippen LogP contribution is -2.11. The number of rotatable bonds is 2. The second kappa shape index (κ2) is 4.60. The van der Waals surface area contributed by atoms with Crippen LogP contribution in [0.3, 0.4) is 0 Å². The van der Waals surface area contributed by atoms with Gasteiger partial charge in [0.05, 0.1) is 0 Å². The number of allylic oxidation sites excluding steroid dienone is 4. The van der Waals surface area contributed by atoms with Crippen molar-refractivity contribution in [3.63, 3.8) is 0 Å². The molecule has 0 bridgehead atoms. The Bertz CT molecular complexity index is 178. The third-order valence-electron chi connectivity index (χ3n) is 1.71. The van der Waals surface area contributed by atoms with Crippen LogP contribution in [-0.4, -0.2) is 6.54 Å². The second-order valence-corrected chi connectivity index (χ2v) is 3.60. The Hall–Kier alpha value is -0.240. The maximum absolute atomic E-state index is 3.49. The number of hydrogen-bond donors (Lipinski definition) is 1. The summed E-state index contributed by atoms with van der Waals surface area (Å²) in [5, 5.41) is 3.35. The highest BCUT2D eigenvalue weighted by Crippen LogP contribution is 2.18. The van der Waals surface area contributed by atoms with Crippen molar-refractivity contribution in [2.24, 2.45) is 0 Å². The Morgan fingerprint density at radius 1 is 1.64 bits per heavy atom. The average molecular weight is 216 g/mol. The van der Waals surface area contributed by atoms with E-state index in [2.05, 4.69) is 40.3 Å². The van der Waals surface area contributed by atoms with Gasteiger partial charge < -0.3 is 5.32 Å².